The Balaban J connectivity index is 1.98. The smallest absolute Gasteiger partial charge is 0.336 e. The summed E-state index contributed by atoms with van der Waals surface area (Å²) in [5.74, 6) is -0.899. The van der Waals surface area contributed by atoms with Gasteiger partial charge in [-0.15, -0.1) is 0 Å². The van der Waals surface area contributed by atoms with Crippen molar-refractivity contribution in [2.75, 3.05) is 26.9 Å². The van der Waals surface area contributed by atoms with Gasteiger partial charge in [-0.3, -0.25) is 0 Å². The van der Waals surface area contributed by atoms with Crippen LogP contribution in [0, 0.1) is 0 Å². The average molecular weight is 277 g/mol. The number of carboxylic acid groups (broad SMARTS) is 1. The van der Waals surface area contributed by atoms with Gasteiger partial charge in [0.05, 0.1) is 12.2 Å². The maximum Gasteiger partial charge on any atom is 0.336 e. The quantitative estimate of drug-likeness (QED) is 0.753. The Morgan fingerprint density at radius 1 is 1.25 bits per heavy atom. The fourth-order valence-electron chi connectivity index (χ4n) is 2.18. The van der Waals surface area contributed by atoms with Crippen LogP contribution in [0.3, 0.4) is 0 Å². The predicted molar refractivity (Wildman–Crippen MR) is 76.2 cm³/mol. The van der Waals surface area contributed by atoms with Crippen LogP contribution in [0.5, 0.6) is 0 Å². The molecule has 0 saturated carbocycles. The number of nitrogens with zero attached hydrogens (tertiary/aromatic N) is 1. The number of rotatable bonds is 8. The molecule has 0 unspecified atom stereocenters. The third-order valence-electron chi connectivity index (χ3n) is 3.16. The van der Waals surface area contributed by atoms with Crippen molar-refractivity contribution in [3.05, 3.63) is 36.0 Å². The number of benzene rings is 1. The zero-order chi connectivity index (χ0) is 14.4. The number of methoxy groups -OCH3 is 1. The van der Waals surface area contributed by atoms with Crippen molar-refractivity contribution >= 4 is 16.9 Å². The summed E-state index contributed by atoms with van der Waals surface area (Å²) in [5, 5.41) is 9.91. The predicted octanol–water partition coefficient (Wildman–Crippen LogP) is 2.39. The molecular formula is C15H19NO4. The van der Waals surface area contributed by atoms with E-state index in [2.05, 4.69) is 0 Å². The first-order chi connectivity index (χ1) is 9.74. The molecule has 0 radical (unpaired) electrons. The number of carboxylic acids is 1. The van der Waals surface area contributed by atoms with Crippen LogP contribution in [-0.2, 0) is 16.0 Å². The van der Waals surface area contributed by atoms with Crippen molar-refractivity contribution < 1.29 is 19.4 Å². The summed E-state index contributed by atoms with van der Waals surface area (Å²) < 4.78 is 12.5. The number of ether oxygens (including phenoxy) is 2. The van der Waals surface area contributed by atoms with E-state index >= 15 is 0 Å². The zero-order valence-corrected chi connectivity index (χ0v) is 11.5. The van der Waals surface area contributed by atoms with Gasteiger partial charge >= 0.3 is 5.97 Å². The molecule has 0 spiro atoms. The van der Waals surface area contributed by atoms with Gasteiger partial charge in [-0.1, -0.05) is 6.07 Å². The molecule has 0 fully saturated rings. The maximum absolute atomic E-state index is 11.1. The van der Waals surface area contributed by atoms with Crippen molar-refractivity contribution in [3.8, 4) is 0 Å². The van der Waals surface area contributed by atoms with E-state index in [1.165, 1.54) is 0 Å². The molecule has 0 aliphatic rings. The van der Waals surface area contributed by atoms with Crippen molar-refractivity contribution in [2.45, 2.75) is 13.0 Å². The molecule has 5 nitrogen and oxygen atoms in total. The molecule has 1 aromatic carbocycles. The summed E-state index contributed by atoms with van der Waals surface area (Å²) in [6.45, 7) is 2.69. The Morgan fingerprint density at radius 2 is 2.10 bits per heavy atom. The monoisotopic (exact) mass is 277 g/mol. The van der Waals surface area contributed by atoms with E-state index < -0.39 is 5.97 Å². The van der Waals surface area contributed by atoms with E-state index in [4.69, 9.17) is 14.6 Å². The van der Waals surface area contributed by atoms with Crippen molar-refractivity contribution in [3.63, 3.8) is 0 Å². The molecule has 0 amide bonds. The molecule has 0 aliphatic carbocycles. The minimum Gasteiger partial charge on any atom is -0.478 e. The SMILES string of the molecule is COCCCOCCn1ccc2c(C(=O)O)cccc21. The number of hydrogen-bond acceptors (Lipinski definition) is 3. The van der Waals surface area contributed by atoms with Crippen molar-refractivity contribution in [2.24, 2.45) is 0 Å². The largest absolute Gasteiger partial charge is 0.478 e. The highest BCUT2D eigenvalue weighted by molar-refractivity contribution is 6.02. The van der Waals surface area contributed by atoms with E-state index in [1.54, 1.807) is 19.2 Å². The Kier molecular flexibility index (Phi) is 5.15. The van der Waals surface area contributed by atoms with E-state index in [0.29, 0.717) is 31.9 Å². The summed E-state index contributed by atoms with van der Waals surface area (Å²) >= 11 is 0. The lowest BCUT2D eigenvalue weighted by Gasteiger charge is -2.07. The number of fused-ring (bicyclic) bond motifs is 1. The standard InChI is InChI=1S/C15H19NO4/c1-19-9-3-10-20-11-8-16-7-6-12-13(15(17)18)4-2-5-14(12)16/h2,4-7H,3,8-11H2,1H3,(H,17,18). The Hall–Kier alpha value is -1.85. The molecule has 2 aromatic rings. The molecule has 1 heterocycles. The molecule has 1 aromatic heterocycles. The molecule has 0 saturated heterocycles. The summed E-state index contributed by atoms with van der Waals surface area (Å²) in [4.78, 5) is 11.1. The average Bonchev–Trinajstić information content (AvgIpc) is 2.85. The maximum atomic E-state index is 11.1. The lowest BCUT2D eigenvalue weighted by atomic mass is 10.1. The minimum absolute atomic E-state index is 0.335. The lowest BCUT2D eigenvalue weighted by molar-refractivity contribution is 0.0699. The molecule has 108 valence electrons. The zero-order valence-electron chi connectivity index (χ0n) is 11.5. The summed E-state index contributed by atoms with van der Waals surface area (Å²) in [6, 6.07) is 7.15. The fourth-order valence-corrected chi connectivity index (χ4v) is 2.18. The molecule has 1 N–H and O–H groups in total. The van der Waals surface area contributed by atoms with Gasteiger partial charge in [0.2, 0.25) is 0 Å². The number of carbonyl (C=O) groups is 1. The number of hydrogen-bond donors (Lipinski definition) is 1. The fraction of sp³-hybridized carbons (Fsp3) is 0.400. The Labute approximate surface area is 117 Å². The van der Waals surface area contributed by atoms with Crippen molar-refractivity contribution in [1.29, 1.82) is 0 Å². The van der Waals surface area contributed by atoms with Gasteiger partial charge in [-0.05, 0) is 24.6 Å². The molecule has 0 aliphatic heterocycles. The highest BCUT2D eigenvalue weighted by Crippen LogP contribution is 2.20. The topological polar surface area (TPSA) is 60.7 Å². The van der Waals surface area contributed by atoms with Crippen LogP contribution in [0.1, 0.15) is 16.8 Å². The number of aromatic nitrogens is 1. The van der Waals surface area contributed by atoms with Gasteiger partial charge in [-0.2, -0.15) is 0 Å². The molecule has 0 atom stereocenters. The number of aromatic carboxylic acids is 1. The second kappa shape index (κ2) is 7.07. The van der Waals surface area contributed by atoms with E-state index in [9.17, 15) is 4.79 Å². The van der Waals surface area contributed by atoms with Crippen LogP contribution in [0.2, 0.25) is 0 Å². The van der Waals surface area contributed by atoms with Gasteiger partial charge < -0.3 is 19.1 Å². The third-order valence-corrected chi connectivity index (χ3v) is 3.16. The lowest BCUT2D eigenvalue weighted by Crippen LogP contribution is -2.07. The van der Waals surface area contributed by atoms with Crippen LogP contribution in [0.25, 0.3) is 10.9 Å². The van der Waals surface area contributed by atoms with E-state index in [-0.39, 0.29) is 0 Å². The van der Waals surface area contributed by atoms with Gasteiger partial charge in [0, 0.05) is 44.0 Å². The van der Waals surface area contributed by atoms with Crippen LogP contribution < -0.4 is 0 Å². The second-order valence-electron chi connectivity index (χ2n) is 4.51. The highest BCUT2D eigenvalue weighted by Gasteiger charge is 2.10. The van der Waals surface area contributed by atoms with Crippen LogP contribution >= 0.6 is 0 Å². The Bertz CT molecular complexity index is 576. The van der Waals surface area contributed by atoms with Gasteiger partial charge in [-0.25, -0.2) is 4.79 Å². The van der Waals surface area contributed by atoms with Gasteiger partial charge in [0.1, 0.15) is 0 Å². The minimum atomic E-state index is -0.899. The third kappa shape index (κ3) is 3.37. The summed E-state index contributed by atoms with van der Waals surface area (Å²) in [7, 11) is 1.67. The Morgan fingerprint density at radius 3 is 2.85 bits per heavy atom. The van der Waals surface area contributed by atoms with E-state index in [1.807, 2.05) is 22.9 Å². The first-order valence-corrected chi connectivity index (χ1v) is 6.62. The molecule has 2 rings (SSSR count). The van der Waals surface area contributed by atoms with Crippen molar-refractivity contribution in [1.82, 2.24) is 4.57 Å². The highest BCUT2D eigenvalue weighted by atomic mass is 16.5. The van der Waals surface area contributed by atoms with Crippen LogP contribution in [0.4, 0.5) is 0 Å². The van der Waals surface area contributed by atoms with Gasteiger partial charge in [0.15, 0.2) is 0 Å². The summed E-state index contributed by atoms with van der Waals surface area (Å²) in [6.07, 6.45) is 2.78. The van der Waals surface area contributed by atoms with E-state index in [0.717, 1.165) is 17.3 Å². The normalized spacial score (nSPS) is 11.1. The molecular weight excluding hydrogens is 258 g/mol. The van der Waals surface area contributed by atoms with Gasteiger partial charge in [0.25, 0.3) is 0 Å². The molecule has 0 bridgehead atoms. The van der Waals surface area contributed by atoms with Crippen LogP contribution in [0.15, 0.2) is 30.5 Å². The molecule has 20 heavy (non-hydrogen) atoms. The second-order valence-corrected chi connectivity index (χ2v) is 4.51. The first-order valence-electron chi connectivity index (χ1n) is 6.62. The summed E-state index contributed by atoms with van der Waals surface area (Å²) in [5.41, 5.74) is 1.26. The van der Waals surface area contributed by atoms with Crippen LogP contribution in [-0.4, -0.2) is 42.6 Å². The molecule has 5 heteroatoms. The first kappa shape index (κ1) is 14.6.